The van der Waals surface area contributed by atoms with Gasteiger partial charge in [0.25, 0.3) is 0 Å². The maximum Gasteiger partial charge on any atom is 0.236 e. The lowest BCUT2D eigenvalue weighted by Crippen LogP contribution is -2.07. The van der Waals surface area contributed by atoms with E-state index in [0.717, 1.165) is 5.69 Å². The minimum atomic E-state index is -0.130. The molecule has 0 unspecified atom stereocenters. The molecule has 5 heteroatoms. The molecule has 0 aromatic carbocycles. The third kappa shape index (κ3) is 1.80. The van der Waals surface area contributed by atoms with Crippen LogP contribution in [0.5, 0.6) is 5.88 Å². The van der Waals surface area contributed by atoms with Gasteiger partial charge >= 0.3 is 0 Å². The highest BCUT2D eigenvalue weighted by Crippen LogP contribution is 2.26. The minimum Gasteiger partial charge on any atom is -0.480 e. The first kappa shape index (κ1) is 9.57. The van der Waals surface area contributed by atoms with E-state index in [1.54, 1.807) is 18.8 Å². The van der Waals surface area contributed by atoms with Crippen LogP contribution in [-0.2, 0) is 11.8 Å². The molecule has 72 valence electrons. The van der Waals surface area contributed by atoms with Gasteiger partial charge in [-0.05, 0) is 6.92 Å². The van der Waals surface area contributed by atoms with Crippen molar-refractivity contribution in [2.45, 2.75) is 13.8 Å². The summed E-state index contributed by atoms with van der Waals surface area (Å²) < 4.78 is 6.67. The molecular weight excluding hydrogens is 170 g/mol. The standard InChI is InChI=1S/C8H13N3O2/c1-5-7(9-6(2)12)8(13-4)11(3)10-5/h1-4H3,(H,9,12). The van der Waals surface area contributed by atoms with Gasteiger partial charge in [0, 0.05) is 14.0 Å². The van der Waals surface area contributed by atoms with Crippen LogP contribution in [0.25, 0.3) is 0 Å². The highest BCUT2D eigenvalue weighted by atomic mass is 16.5. The average Bonchev–Trinajstić information content (AvgIpc) is 2.26. The van der Waals surface area contributed by atoms with E-state index in [0.29, 0.717) is 11.6 Å². The van der Waals surface area contributed by atoms with Gasteiger partial charge in [-0.25, -0.2) is 4.68 Å². The van der Waals surface area contributed by atoms with Crippen molar-refractivity contribution < 1.29 is 9.53 Å². The molecule has 0 saturated carbocycles. The van der Waals surface area contributed by atoms with Gasteiger partial charge in [-0.3, -0.25) is 4.79 Å². The van der Waals surface area contributed by atoms with Crippen molar-refractivity contribution in [3.8, 4) is 5.88 Å². The van der Waals surface area contributed by atoms with Crippen LogP contribution < -0.4 is 10.1 Å². The molecule has 0 bridgehead atoms. The Kier molecular flexibility index (Phi) is 2.55. The van der Waals surface area contributed by atoms with Crippen LogP contribution in [0.1, 0.15) is 12.6 Å². The number of aryl methyl sites for hydroxylation is 2. The number of aromatic nitrogens is 2. The molecule has 0 spiro atoms. The summed E-state index contributed by atoms with van der Waals surface area (Å²) in [5.41, 5.74) is 1.38. The van der Waals surface area contributed by atoms with Gasteiger partial charge in [-0.2, -0.15) is 5.10 Å². The summed E-state index contributed by atoms with van der Waals surface area (Å²) in [6, 6.07) is 0. The Hall–Kier alpha value is -1.52. The molecule has 0 fully saturated rings. The molecule has 13 heavy (non-hydrogen) atoms. The van der Waals surface area contributed by atoms with E-state index in [1.807, 2.05) is 6.92 Å². The molecule has 1 rings (SSSR count). The van der Waals surface area contributed by atoms with Crippen LogP contribution >= 0.6 is 0 Å². The molecule has 1 heterocycles. The number of ether oxygens (including phenoxy) is 1. The van der Waals surface area contributed by atoms with Crippen molar-refractivity contribution in [2.24, 2.45) is 7.05 Å². The quantitative estimate of drug-likeness (QED) is 0.734. The SMILES string of the molecule is COc1c(NC(C)=O)c(C)nn1C. The summed E-state index contributed by atoms with van der Waals surface area (Å²) in [6.07, 6.45) is 0. The Labute approximate surface area is 76.7 Å². The van der Waals surface area contributed by atoms with Crippen LogP contribution in [0.4, 0.5) is 5.69 Å². The summed E-state index contributed by atoms with van der Waals surface area (Å²) >= 11 is 0. The molecule has 0 radical (unpaired) electrons. The van der Waals surface area contributed by atoms with Crippen LogP contribution in [0.3, 0.4) is 0 Å². The molecule has 0 saturated heterocycles. The number of hydrogen-bond acceptors (Lipinski definition) is 3. The number of hydrogen-bond donors (Lipinski definition) is 1. The van der Waals surface area contributed by atoms with Gasteiger partial charge in [0.2, 0.25) is 11.8 Å². The first-order chi connectivity index (χ1) is 6.06. The Morgan fingerprint density at radius 1 is 1.62 bits per heavy atom. The van der Waals surface area contributed by atoms with E-state index >= 15 is 0 Å². The number of rotatable bonds is 2. The van der Waals surface area contributed by atoms with Crippen molar-refractivity contribution in [3.05, 3.63) is 5.69 Å². The van der Waals surface area contributed by atoms with Gasteiger partial charge in [0.15, 0.2) is 0 Å². The Bertz CT molecular complexity index is 330. The molecule has 0 aliphatic heterocycles. The molecule has 0 aliphatic rings. The summed E-state index contributed by atoms with van der Waals surface area (Å²) in [4.78, 5) is 10.8. The zero-order valence-electron chi connectivity index (χ0n) is 8.21. The van der Waals surface area contributed by atoms with E-state index < -0.39 is 0 Å². The number of anilines is 1. The van der Waals surface area contributed by atoms with Gasteiger partial charge in [0.05, 0.1) is 12.8 Å². The molecule has 1 aromatic heterocycles. The second kappa shape index (κ2) is 3.47. The Morgan fingerprint density at radius 2 is 2.23 bits per heavy atom. The first-order valence-electron chi connectivity index (χ1n) is 3.91. The van der Waals surface area contributed by atoms with Crippen LogP contribution in [0.15, 0.2) is 0 Å². The van der Waals surface area contributed by atoms with E-state index in [-0.39, 0.29) is 5.91 Å². The van der Waals surface area contributed by atoms with Gasteiger partial charge in [-0.1, -0.05) is 0 Å². The molecule has 0 atom stereocenters. The Balaban J connectivity index is 3.09. The molecule has 5 nitrogen and oxygen atoms in total. The minimum absolute atomic E-state index is 0.130. The fraction of sp³-hybridized carbons (Fsp3) is 0.500. The number of nitrogens with one attached hydrogen (secondary N) is 1. The molecule has 1 amide bonds. The second-order valence-electron chi connectivity index (χ2n) is 2.77. The fourth-order valence-electron chi connectivity index (χ4n) is 1.19. The summed E-state index contributed by atoms with van der Waals surface area (Å²) in [5.74, 6) is 0.433. The fourth-order valence-corrected chi connectivity index (χ4v) is 1.19. The maximum absolute atomic E-state index is 10.8. The van der Waals surface area contributed by atoms with Gasteiger partial charge < -0.3 is 10.1 Å². The smallest absolute Gasteiger partial charge is 0.236 e. The summed E-state index contributed by atoms with van der Waals surface area (Å²) in [6.45, 7) is 3.26. The predicted octanol–water partition coefficient (Wildman–Crippen LogP) is 0.696. The van der Waals surface area contributed by atoms with E-state index in [9.17, 15) is 4.79 Å². The summed E-state index contributed by atoms with van der Waals surface area (Å²) in [7, 11) is 3.30. The normalized spacial score (nSPS) is 9.85. The monoisotopic (exact) mass is 183 g/mol. The number of carbonyl (C=O) groups excluding carboxylic acids is 1. The third-order valence-electron chi connectivity index (χ3n) is 1.66. The van der Waals surface area contributed by atoms with Crippen molar-refractivity contribution >= 4 is 11.6 Å². The summed E-state index contributed by atoms with van der Waals surface area (Å²) in [5, 5.41) is 6.78. The molecule has 1 aromatic rings. The third-order valence-corrected chi connectivity index (χ3v) is 1.66. The zero-order valence-corrected chi connectivity index (χ0v) is 8.21. The van der Waals surface area contributed by atoms with Crippen molar-refractivity contribution in [3.63, 3.8) is 0 Å². The number of nitrogens with zero attached hydrogens (tertiary/aromatic N) is 2. The van der Waals surface area contributed by atoms with Gasteiger partial charge in [-0.15, -0.1) is 0 Å². The van der Waals surface area contributed by atoms with E-state index in [4.69, 9.17) is 4.74 Å². The lowest BCUT2D eigenvalue weighted by molar-refractivity contribution is -0.114. The van der Waals surface area contributed by atoms with Crippen LogP contribution in [-0.4, -0.2) is 22.8 Å². The van der Waals surface area contributed by atoms with Gasteiger partial charge in [0.1, 0.15) is 5.69 Å². The topological polar surface area (TPSA) is 56.1 Å². The molecular formula is C8H13N3O2. The Morgan fingerprint density at radius 3 is 2.69 bits per heavy atom. The van der Waals surface area contributed by atoms with Crippen LogP contribution in [0, 0.1) is 6.92 Å². The second-order valence-corrected chi connectivity index (χ2v) is 2.77. The predicted molar refractivity (Wildman–Crippen MR) is 48.8 cm³/mol. The molecule has 0 aliphatic carbocycles. The van der Waals surface area contributed by atoms with E-state index in [2.05, 4.69) is 10.4 Å². The average molecular weight is 183 g/mol. The zero-order chi connectivity index (χ0) is 10.0. The largest absolute Gasteiger partial charge is 0.480 e. The highest BCUT2D eigenvalue weighted by Gasteiger charge is 2.14. The number of methoxy groups -OCH3 is 1. The lowest BCUT2D eigenvalue weighted by Gasteiger charge is -2.04. The number of amides is 1. The number of carbonyl (C=O) groups is 1. The van der Waals surface area contributed by atoms with E-state index in [1.165, 1.54) is 6.92 Å². The lowest BCUT2D eigenvalue weighted by atomic mass is 10.4. The van der Waals surface area contributed by atoms with Crippen LogP contribution in [0.2, 0.25) is 0 Å². The van der Waals surface area contributed by atoms with Crippen molar-refractivity contribution in [1.29, 1.82) is 0 Å². The van der Waals surface area contributed by atoms with Crippen molar-refractivity contribution in [2.75, 3.05) is 12.4 Å². The first-order valence-corrected chi connectivity index (χ1v) is 3.91. The van der Waals surface area contributed by atoms with Crippen molar-refractivity contribution in [1.82, 2.24) is 9.78 Å². The maximum atomic E-state index is 10.8. The highest BCUT2D eigenvalue weighted by molar-refractivity contribution is 5.90. The molecule has 1 N–H and O–H groups in total.